The van der Waals surface area contributed by atoms with E-state index < -0.39 is 12.7 Å². The number of hydrogen-bond acceptors (Lipinski definition) is 4. The zero-order valence-electron chi connectivity index (χ0n) is 10.8. The summed E-state index contributed by atoms with van der Waals surface area (Å²) in [6.45, 7) is 3.70. The van der Waals surface area contributed by atoms with E-state index in [4.69, 9.17) is 0 Å². The summed E-state index contributed by atoms with van der Waals surface area (Å²) in [6, 6.07) is 0. The van der Waals surface area contributed by atoms with Gasteiger partial charge in [-0.3, -0.25) is 4.90 Å². The number of nitrogens with one attached hydrogen (secondary N) is 1. The second-order valence-corrected chi connectivity index (χ2v) is 6.06. The first-order valence-electron chi connectivity index (χ1n) is 6.33. The summed E-state index contributed by atoms with van der Waals surface area (Å²) in [7, 11) is 0. The lowest BCUT2D eigenvalue weighted by molar-refractivity contribution is -0.143. The number of alkyl halides is 3. The predicted molar refractivity (Wildman–Crippen MR) is 69.2 cm³/mol. The zero-order chi connectivity index (χ0) is 13.9. The average Bonchev–Trinajstić information content (AvgIpc) is 2.86. The van der Waals surface area contributed by atoms with Crippen molar-refractivity contribution in [3.8, 4) is 0 Å². The number of nitrogens with zero attached hydrogens (tertiary/aromatic N) is 2. The fraction of sp³-hybridized carbons (Fsp3) is 0.750. The normalized spacial score (nSPS) is 21.2. The van der Waals surface area contributed by atoms with Crippen molar-refractivity contribution in [2.45, 2.75) is 26.1 Å². The number of rotatable bonds is 5. The Morgan fingerprint density at radius 2 is 2.32 bits per heavy atom. The molecule has 1 aliphatic rings. The number of likely N-dealkylation sites (tertiary alicyclic amines) is 1. The van der Waals surface area contributed by atoms with Gasteiger partial charge >= 0.3 is 6.18 Å². The Hall–Kier alpha value is -0.660. The summed E-state index contributed by atoms with van der Waals surface area (Å²) in [5.41, 5.74) is 1.01. The molecular weight excluding hydrogens is 275 g/mol. The lowest BCUT2D eigenvalue weighted by atomic mass is 10.1. The predicted octanol–water partition coefficient (Wildman–Crippen LogP) is 2.43. The topological polar surface area (TPSA) is 28.2 Å². The van der Waals surface area contributed by atoms with Gasteiger partial charge in [0.1, 0.15) is 0 Å². The quantitative estimate of drug-likeness (QED) is 0.904. The summed E-state index contributed by atoms with van der Waals surface area (Å²) in [6.07, 6.45) is -3.25. The number of hydrogen-bond donors (Lipinski definition) is 1. The highest BCUT2D eigenvalue weighted by atomic mass is 32.1. The first-order chi connectivity index (χ1) is 8.92. The maximum atomic E-state index is 12.2. The van der Waals surface area contributed by atoms with Crippen LogP contribution in [0.3, 0.4) is 0 Å². The lowest BCUT2D eigenvalue weighted by Crippen LogP contribution is -2.33. The highest BCUT2D eigenvalue weighted by molar-refractivity contribution is 7.09. The van der Waals surface area contributed by atoms with Crippen LogP contribution in [0.4, 0.5) is 13.2 Å². The zero-order valence-corrected chi connectivity index (χ0v) is 11.7. The molecule has 1 aliphatic heterocycles. The van der Waals surface area contributed by atoms with Crippen LogP contribution in [0.25, 0.3) is 0 Å². The van der Waals surface area contributed by atoms with Gasteiger partial charge in [0.05, 0.1) is 17.2 Å². The summed E-state index contributed by atoms with van der Waals surface area (Å²) < 4.78 is 36.7. The molecule has 108 valence electrons. The number of halogens is 3. The maximum Gasteiger partial charge on any atom is 0.401 e. The molecule has 0 aliphatic carbocycles. The van der Waals surface area contributed by atoms with Crippen molar-refractivity contribution < 1.29 is 13.2 Å². The third-order valence-electron chi connectivity index (χ3n) is 3.18. The van der Waals surface area contributed by atoms with E-state index in [2.05, 4.69) is 10.3 Å². The first kappa shape index (κ1) is 14.7. The Bertz CT molecular complexity index is 405. The van der Waals surface area contributed by atoms with Gasteiger partial charge < -0.3 is 5.32 Å². The average molecular weight is 293 g/mol. The van der Waals surface area contributed by atoms with Crippen molar-refractivity contribution in [2.75, 3.05) is 26.2 Å². The molecule has 2 rings (SSSR count). The van der Waals surface area contributed by atoms with Crippen LogP contribution in [-0.2, 0) is 6.54 Å². The molecule has 1 aromatic rings. The molecule has 7 heteroatoms. The molecule has 0 saturated carbocycles. The molecule has 1 fully saturated rings. The Balaban J connectivity index is 1.65. The summed E-state index contributed by atoms with van der Waals surface area (Å²) in [5, 5.41) is 6.32. The Kier molecular flexibility index (Phi) is 4.81. The number of thiazole rings is 1. The fourth-order valence-corrected chi connectivity index (χ4v) is 2.98. The van der Waals surface area contributed by atoms with Crippen molar-refractivity contribution in [3.05, 3.63) is 16.1 Å². The van der Waals surface area contributed by atoms with Crippen molar-refractivity contribution in [2.24, 2.45) is 5.92 Å². The van der Waals surface area contributed by atoms with Gasteiger partial charge in [0.2, 0.25) is 0 Å². The molecule has 1 saturated heterocycles. The van der Waals surface area contributed by atoms with E-state index in [-0.39, 0.29) is 0 Å². The van der Waals surface area contributed by atoms with Crippen LogP contribution in [0, 0.1) is 12.8 Å². The van der Waals surface area contributed by atoms with E-state index in [0.29, 0.717) is 25.6 Å². The highest BCUT2D eigenvalue weighted by Gasteiger charge is 2.34. The van der Waals surface area contributed by atoms with E-state index in [9.17, 15) is 13.2 Å². The van der Waals surface area contributed by atoms with Crippen molar-refractivity contribution in [1.82, 2.24) is 15.2 Å². The fourth-order valence-electron chi connectivity index (χ4n) is 2.37. The Morgan fingerprint density at radius 1 is 1.53 bits per heavy atom. The van der Waals surface area contributed by atoms with Crippen LogP contribution < -0.4 is 5.32 Å². The molecule has 1 aromatic heterocycles. The smallest absolute Gasteiger partial charge is 0.311 e. The minimum Gasteiger partial charge on any atom is -0.311 e. The van der Waals surface area contributed by atoms with Gasteiger partial charge in [-0.15, -0.1) is 11.3 Å². The third-order valence-corrected chi connectivity index (χ3v) is 4.00. The molecule has 1 atom stereocenters. The second-order valence-electron chi connectivity index (χ2n) is 4.99. The molecule has 0 aromatic carbocycles. The molecule has 2 heterocycles. The van der Waals surface area contributed by atoms with E-state index in [1.54, 1.807) is 11.3 Å². The number of aryl methyl sites for hydroxylation is 1. The summed E-state index contributed by atoms with van der Waals surface area (Å²) >= 11 is 1.61. The van der Waals surface area contributed by atoms with Crippen LogP contribution in [0.5, 0.6) is 0 Å². The van der Waals surface area contributed by atoms with Crippen molar-refractivity contribution in [3.63, 3.8) is 0 Å². The summed E-state index contributed by atoms with van der Waals surface area (Å²) in [4.78, 5) is 5.82. The van der Waals surface area contributed by atoms with Gasteiger partial charge in [-0.05, 0) is 32.4 Å². The van der Waals surface area contributed by atoms with Gasteiger partial charge in [-0.2, -0.15) is 13.2 Å². The van der Waals surface area contributed by atoms with E-state index in [1.807, 2.05) is 12.3 Å². The van der Waals surface area contributed by atoms with Crippen molar-refractivity contribution >= 4 is 11.3 Å². The second kappa shape index (κ2) is 6.19. The van der Waals surface area contributed by atoms with Gasteiger partial charge in [0.25, 0.3) is 0 Å². The maximum absolute atomic E-state index is 12.2. The largest absolute Gasteiger partial charge is 0.401 e. The van der Waals surface area contributed by atoms with Crippen LogP contribution in [0.2, 0.25) is 0 Å². The number of aromatic nitrogens is 1. The van der Waals surface area contributed by atoms with Crippen LogP contribution >= 0.6 is 11.3 Å². The van der Waals surface area contributed by atoms with Crippen LogP contribution in [-0.4, -0.2) is 42.2 Å². The highest BCUT2D eigenvalue weighted by Crippen LogP contribution is 2.22. The van der Waals surface area contributed by atoms with Gasteiger partial charge in [-0.25, -0.2) is 4.98 Å². The van der Waals surface area contributed by atoms with Gasteiger partial charge in [0, 0.05) is 18.5 Å². The molecule has 0 amide bonds. The van der Waals surface area contributed by atoms with E-state index >= 15 is 0 Å². The monoisotopic (exact) mass is 293 g/mol. The molecule has 19 heavy (non-hydrogen) atoms. The Morgan fingerprint density at radius 3 is 2.95 bits per heavy atom. The minimum atomic E-state index is -4.08. The minimum absolute atomic E-state index is 0.307. The molecule has 0 radical (unpaired) electrons. The molecular formula is C12H18F3N3S. The van der Waals surface area contributed by atoms with E-state index in [1.165, 1.54) is 4.90 Å². The van der Waals surface area contributed by atoms with Crippen molar-refractivity contribution in [1.29, 1.82) is 0 Å². The standard InChI is InChI=1S/C12H18F3N3S/c1-9-17-11(7-19-9)5-16-4-10-2-3-18(6-10)8-12(13,14)15/h7,10,16H,2-6,8H2,1H3. The Labute approximate surface area is 114 Å². The van der Waals surface area contributed by atoms with Crippen LogP contribution in [0.1, 0.15) is 17.1 Å². The molecule has 0 bridgehead atoms. The molecule has 0 spiro atoms. The molecule has 3 nitrogen and oxygen atoms in total. The third kappa shape index (κ3) is 5.08. The van der Waals surface area contributed by atoms with Gasteiger partial charge in [-0.1, -0.05) is 0 Å². The molecule has 1 N–H and O–H groups in total. The summed E-state index contributed by atoms with van der Waals surface area (Å²) in [5.74, 6) is 0.307. The lowest BCUT2D eigenvalue weighted by Gasteiger charge is -2.17. The van der Waals surface area contributed by atoms with Crippen LogP contribution in [0.15, 0.2) is 5.38 Å². The molecule has 1 unspecified atom stereocenters. The SMILES string of the molecule is Cc1nc(CNCC2CCN(CC(F)(F)F)C2)cs1. The van der Waals surface area contributed by atoms with E-state index in [0.717, 1.165) is 23.7 Å². The first-order valence-corrected chi connectivity index (χ1v) is 7.21. The van der Waals surface area contributed by atoms with Gasteiger partial charge in [0.15, 0.2) is 0 Å².